The normalized spacial score (nSPS) is 20.5. The van der Waals surface area contributed by atoms with Crippen LogP contribution in [0, 0.1) is 6.92 Å². The zero-order chi connectivity index (χ0) is 16.6. The molecule has 120 valence electrons. The fraction of sp³-hybridized carbons (Fsp3) is 0.333. The minimum atomic E-state index is -0.548. The Labute approximate surface area is 138 Å². The third-order valence-corrected chi connectivity index (χ3v) is 4.90. The molecule has 1 aliphatic rings. The number of pyridine rings is 1. The van der Waals surface area contributed by atoms with Crippen molar-refractivity contribution in [2.24, 2.45) is 10.8 Å². The Morgan fingerprint density at radius 3 is 2.83 bits per heavy atom. The van der Waals surface area contributed by atoms with Gasteiger partial charge in [-0.3, -0.25) is 0 Å². The van der Waals surface area contributed by atoms with Crippen LogP contribution in [0.1, 0.15) is 24.4 Å². The second-order valence-corrected chi connectivity index (χ2v) is 6.88. The first-order valence-electron chi connectivity index (χ1n) is 7.19. The molecule has 0 radical (unpaired) electrons. The summed E-state index contributed by atoms with van der Waals surface area (Å²) in [5.41, 5.74) is 6.65. The van der Waals surface area contributed by atoms with E-state index in [1.54, 1.807) is 17.5 Å². The van der Waals surface area contributed by atoms with Crippen LogP contribution in [-0.4, -0.2) is 33.3 Å². The van der Waals surface area contributed by atoms with E-state index < -0.39 is 11.4 Å². The lowest BCUT2D eigenvalue weighted by molar-refractivity contribution is 0.210. The Kier molecular flexibility index (Phi) is 3.77. The Balaban J connectivity index is 1.90. The molecule has 0 spiro atoms. The lowest BCUT2D eigenvalue weighted by Gasteiger charge is -2.23. The van der Waals surface area contributed by atoms with E-state index in [0.29, 0.717) is 6.54 Å². The van der Waals surface area contributed by atoms with Crippen molar-refractivity contribution in [2.45, 2.75) is 26.2 Å². The van der Waals surface area contributed by atoms with Gasteiger partial charge in [0.1, 0.15) is 5.82 Å². The number of carbonyl (C=O) groups excluding carboxylic acids is 1. The van der Waals surface area contributed by atoms with Gasteiger partial charge in [0.05, 0.1) is 17.7 Å². The first-order valence-corrected chi connectivity index (χ1v) is 8.00. The summed E-state index contributed by atoms with van der Waals surface area (Å²) in [5, 5.41) is 9.52. The Hall–Kier alpha value is -2.48. The number of aromatic nitrogens is 2. The first kappa shape index (κ1) is 15.4. The highest BCUT2D eigenvalue weighted by Gasteiger charge is 2.42. The molecule has 0 aromatic carbocycles. The number of urea groups is 1. The number of amides is 2. The van der Waals surface area contributed by atoms with Gasteiger partial charge in [0.25, 0.3) is 0 Å². The van der Waals surface area contributed by atoms with Crippen LogP contribution in [0.25, 0.3) is 0 Å². The molecule has 0 bridgehead atoms. The predicted molar refractivity (Wildman–Crippen MR) is 91.1 cm³/mol. The fourth-order valence-corrected chi connectivity index (χ4v) is 3.57. The largest absolute Gasteiger partial charge is 0.350 e. The van der Waals surface area contributed by atoms with Crippen molar-refractivity contribution >= 4 is 34.0 Å². The molecule has 1 atom stereocenters. The summed E-state index contributed by atoms with van der Waals surface area (Å²) in [5.74, 6) is 0.744. The number of aryl methyl sites for hydroxylation is 1. The summed E-state index contributed by atoms with van der Waals surface area (Å²) in [4.78, 5) is 21.4. The van der Waals surface area contributed by atoms with E-state index >= 15 is 0 Å². The van der Waals surface area contributed by atoms with Crippen LogP contribution >= 0.6 is 11.3 Å². The summed E-state index contributed by atoms with van der Waals surface area (Å²) >= 11 is 1.55. The number of anilines is 2. The summed E-state index contributed by atoms with van der Waals surface area (Å²) in [7, 11) is 0. The molecule has 3 N–H and O–H groups in total. The molecule has 0 saturated carbocycles. The number of nitrogens with one attached hydrogen (secondary N) is 1. The fourth-order valence-electron chi connectivity index (χ4n) is 2.62. The molecule has 0 saturated heterocycles. The number of nitrogens with two attached hydrogens (primary N) is 1. The average molecular weight is 330 g/mol. The van der Waals surface area contributed by atoms with E-state index in [9.17, 15) is 4.79 Å². The van der Waals surface area contributed by atoms with Gasteiger partial charge in [0, 0.05) is 16.8 Å². The second-order valence-electron chi connectivity index (χ2n) is 5.68. The molecule has 2 aromatic rings. The highest BCUT2D eigenvalue weighted by Crippen LogP contribution is 2.37. The van der Waals surface area contributed by atoms with Crippen LogP contribution in [0.4, 0.5) is 15.7 Å². The SMILES string of the molecule is CC1=NN(C(N)=O)CC1(C)c1nc(Nc2ccccn2)sc1C. The van der Waals surface area contributed by atoms with Gasteiger partial charge in [0.2, 0.25) is 0 Å². The molecule has 3 rings (SSSR count). The maximum absolute atomic E-state index is 11.4. The van der Waals surface area contributed by atoms with E-state index in [-0.39, 0.29) is 0 Å². The molecule has 3 heterocycles. The molecule has 0 aliphatic carbocycles. The standard InChI is InChI=1S/C15H18N6OS/c1-9-12(15(3)8-21(13(16)22)20-10(15)2)19-14(23-9)18-11-6-4-5-7-17-11/h4-7H,8H2,1-3H3,(H2,16,22)(H,17,18,19). The number of rotatable bonds is 3. The van der Waals surface area contributed by atoms with Crippen molar-refractivity contribution in [3.05, 3.63) is 35.0 Å². The van der Waals surface area contributed by atoms with Crippen molar-refractivity contribution in [1.29, 1.82) is 0 Å². The number of hydrogen-bond donors (Lipinski definition) is 2. The first-order chi connectivity index (χ1) is 10.9. The number of nitrogens with zero attached hydrogens (tertiary/aromatic N) is 4. The molecule has 8 heteroatoms. The lowest BCUT2D eigenvalue weighted by Crippen LogP contribution is -2.39. The molecule has 1 aliphatic heterocycles. The summed E-state index contributed by atoms with van der Waals surface area (Å²) in [6, 6.07) is 5.11. The summed E-state index contributed by atoms with van der Waals surface area (Å²) < 4.78 is 0. The van der Waals surface area contributed by atoms with Gasteiger partial charge >= 0.3 is 6.03 Å². The molecular weight excluding hydrogens is 312 g/mol. The van der Waals surface area contributed by atoms with Crippen LogP contribution < -0.4 is 11.1 Å². The van der Waals surface area contributed by atoms with Crippen molar-refractivity contribution in [1.82, 2.24) is 15.0 Å². The van der Waals surface area contributed by atoms with Gasteiger partial charge in [-0.2, -0.15) is 5.10 Å². The highest BCUT2D eigenvalue weighted by atomic mass is 32.1. The number of primary amides is 1. The predicted octanol–water partition coefficient (Wildman–Crippen LogP) is 2.62. The van der Waals surface area contributed by atoms with Crippen LogP contribution in [0.2, 0.25) is 0 Å². The molecule has 2 amide bonds. The number of carbonyl (C=O) groups is 1. The molecule has 0 fully saturated rings. The Morgan fingerprint density at radius 1 is 1.43 bits per heavy atom. The third kappa shape index (κ3) is 2.77. The van der Waals surface area contributed by atoms with Gasteiger partial charge in [-0.05, 0) is 32.9 Å². The van der Waals surface area contributed by atoms with Crippen molar-refractivity contribution in [3.8, 4) is 0 Å². The van der Waals surface area contributed by atoms with Crippen molar-refractivity contribution in [3.63, 3.8) is 0 Å². The van der Waals surface area contributed by atoms with E-state index in [0.717, 1.165) is 27.2 Å². The van der Waals surface area contributed by atoms with Gasteiger partial charge in [-0.25, -0.2) is 19.8 Å². The van der Waals surface area contributed by atoms with Crippen molar-refractivity contribution in [2.75, 3.05) is 11.9 Å². The van der Waals surface area contributed by atoms with E-state index in [1.807, 2.05) is 39.0 Å². The van der Waals surface area contributed by atoms with E-state index in [1.165, 1.54) is 5.01 Å². The van der Waals surface area contributed by atoms with Crippen LogP contribution in [0.5, 0.6) is 0 Å². The maximum atomic E-state index is 11.4. The van der Waals surface area contributed by atoms with Gasteiger partial charge in [0.15, 0.2) is 5.13 Å². The highest BCUT2D eigenvalue weighted by molar-refractivity contribution is 7.15. The van der Waals surface area contributed by atoms with Crippen LogP contribution in [0.3, 0.4) is 0 Å². The average Bonchev–Trinajstić information content (AvgIpc) is 3.02. The zero-order valence-electron chi connectivity index (χ0n) is 13.2. The Bertz CT molecular complexity index is 772. The molecule has 7 nitrogen and oxygen atoms in total. The molecule has 2 aromatic heterocycles. The van der Waals surface area contributed by atoms with E-state index in [4.69, 9.17) is 10.7 Å². The minimum absolute atomic E-state index is 0.405. The quantitative estimate of drug-likeness (QED) is 0.904. The maximum Gasteiger partial charge on any atom is 0.335 e. The summed E-state index contributed by atoms with van der Waals surface area (Å²) in [6.45, 7) is 6.35. The third-order valence-electron chi connectivity index (χ3n) is 4.01. The van der Waals surface area contributed by atoms with Crippen LogP contribution in [0.15, 0.2) is 29.5 Å². The smallest absolute Gasteiger partial charge is 0.335 e. The van der Waals surface area contributed by atoms with Crippen molar-refractivity contribution < 1.29 is 4.79 Å². The topological polar surface area (TPSA) is 96.5 Å². The van der Waals surface area contributed by atoms with Gasteiger partial charge < -0.3 is 11.1 Å². The summed E-state index contributed by atoms with van der Waals surface area (Å²) in [6.07, 6.45) is 1.73. The second kappa shape index (κ2) is 5.62. The monoisotopic (exact) mass is 330 g/mol. The lowest BCUT2D eigenvalue weighted by atomic mass is 9.82. The number of hydrogen-bond acceptors (Lipinski definition) is 6. The van der Waals surface area contributed by atoms with Gasteiger partial charge in [-0.1, -0.05) is 6.07 Å². The van der Waals surface area contributed by atoms with Crippen LogP contribution in [-0.2, 0) is 5.41 Å². The zero-order valence-corrected chi connectivity index (χ0v) is 14.0. The molecular formula is C15H18N6OS. The minimum Gasteiger partial charge on any atom is -0.350 e. The van der Waals surface area contributed by atoms with Gasteiger partial charge in [-0.15, -0.1) is 11.3 Å². The number of thiazole rings is 1. The molecule has 23 heavy (non-hydrogen) atoms. The Morgan fingerprint density at radius 2 is 2.22 bits per heavy atom. The molecule has 1 unspecified atom stereocenters. The van der Waals surface area contributed by atoms with E-state index in [2.05, 4.69) is 15.4 Å². The number of hydrazone groups is 1.